The van der Waals surface area contributed by atoms with Crippen molar-refractivity contribution >= 4 is 29.2 Å². The molecule has 0 aromatic heterocycles. The first-order chi connectivity index (χ1) is 18.8. The summed E-state index contributed by atoms with van der Waals surface area (Å²) in [4.78, 5) is 12.2. The van der Waals surface area contributed by atoms with E-state index in [2.05, 4.69) is 0 Å². The molecule has 3 aromatic rings. The zero-order chi connectivity index (χ0) is 28.1. The molecule has 0 aliphatic carbocycles. The molecule has 39 heavy (non-hydrogen) atoms. The van der Waals surface area contributed by atoms with Crippen molar-refractivity contribution in [3.05, 3.63) is 80.8 Å². The summed E-state index contributed by atoms with van der Waals surface area (Å²) < 4.78 is 38.7. The molecule has 3 aromatic carbocycles. The van der Waals surface area contributed by atoms with Crippen LogP contribution in [0, 0.1) is 0 Å². The van der Waals surface area contributed by atoms with Crippen LogP contribution in [0.3, 0.4) is 0 Å². The third-order valence-electron chi connectivity index (χ3n) is 6.27. The van der Waals surface area contributed by atoms with E-state index >= 15 is 0 Å². The predicted molar refractivity (Wildman–Crippen MR) is 144 cm³/mol. The van der Waals surface area contributed by atoms with Gasteiger partial charge in [0.05, 0.1) is 15.6 Å². The van der Waals surface area contributed by atoms with Gasteiger partial charge in [-0.25, -0.2) is 4.79 Å². The van der Waals surface area contributed by atoms with E-state index in [1.807, 2.05) is 0 Å². The maximum atomic E-state index is 12.2. The molecule has 0 unspecified atom stereocenters. The number of fused-ring (bicyclic) bond motifs is 2. The fourth-order valence-electron chi connectivity index (χ4n) is 4.29. The summed E-state index contributed by atoms with van der Waals surface area (Å²) in [7, 11) is 6.01. The van der Waals surface area contributed by atoms with Crippen LogP contribution in [0.25, 0.3) is 0 Å². The zero-order valence-corrected chi connectivity index (χ0v) is 23.2. The number of hydrogen-bond donors (Lipinski definition) is 1. The lowest BCUT2D eigenvalue weighted by molar-refractivity contribution is -0.122. The molecule has 0 saturated heterocycles. The van der Waals surface area contributed by atoms with E-state index in [9.17, 15) is 9.90 Å². The lowest BCUT2D eigenvalue weighted by Gasteiger charge is -2.31. The van der Waals surface area contributed by atoms with Crippen LogP contribution in [0.1, 0.15) is 33.0 Å². The Morgan fingerprint density at radius 1 is 0.795 bits per heavy atom. The van der Waals surface area contributed by atoms with E-state index in [0.29, 0.717) is 49.7 Å². The van der Waals surface area contributed by atoms with Crippen LogP contribution >= 0.6 is 23.2 Å². The van der Waals surface area contributed by atoms with E-state index in [-0.39, 0.29) is 18.8 Å². The highest BCUT2D eigenvalue weighted by molar-refractivity contribution is 6.32. The van der Waals surface area contributed by atoms with Crippen molar-refractivity contribution in [2.24, 2.45) is 0 Å². The van der Waals surface area contributed by atoms with Crippen molar-refractivity contribution in [1.82, 2.24) is 0 Å². The van der Waals surface area contributed by atoms with Crippen molar-refractivity contribution in [3.63, 3.8) is 0 Å². The van der Waals surface area contributed by atoms with Gasteiger partial charge in [-0.1, -0.05) is 41.4 Å². The molecular formula is C28H28Cl2O9. The first-order valence-corrected chi connectivity index (χ1v) is 12.6. The Hall–Kier alpha value is -3.05. The Kier molecular flexibility index (Phi) is 9.55. The van der Waals surface area contributed by atoms with Crippen molar-refractivity contribution in [2.45, 2.75) is 18.5 Å². The number of methoxy groups -OCH3 is 4. The largest absolute Gasteiger partial charge is 0.487 e. The summed E-state index contributed by atoms with van der Waals surface area (Å²) >= 11 is 13.2. The Bertz CT molecular complexity index is 1250. The second kappa shape index (κ2) is 12.9. The fraction of sp³-hybridized carbons (Fsp3) is 0.321. The van der Waals surface area contributed by atoms with Crippen molar-refractivity contribution in [2.75, 3.05) is 41.7 Å². The molecule has 208 valence electrons. The van der Waals surface area contributed by atoms with E-state index in [1.54, 1.807) is 48.5 Å². The molecule has 1 aliphatic heterocycles. The van der Waals surface area contributed by atoms with Crippen LogP contribution in [0.15, 0.2) is 48.5 Å². The maximum Gasteiger partial charge on any atom is 0.335 e. The van der Waals surface area contributed by atoms with Crippen LogP contribution in [-0.4, -0.2) is 65.3 Å². The molecule has 1 heterocycles. The number of halogens is 2. The summed E-state index contributed by atoms with van der Waals surface area (Å²) in [6.45, 7) is 0.169. The quantitative estimate of drug-likeness (QED) is 0.203. The standard InChI is InChI=1S/C28H28Cl2O9/c1-33-25(34-2)13-37-23-11-21-17(9-19(23)29)27(15-7-5-6-8-16(15)28(31)32)18-10-20(30)24(12-22(18)39-21)38-14-26(35-3)36-4/h5-12,25-27H,13-14H2,1-4H3,(H,31,32). The first kappa shape index (κ1) is 28.9. The summed E-state index contributed by atoms with van der Waals surface area (Å²) in [5.74, 6) is -0.0802. The van der Waals surface area contributed by atoms with Gasteiger partial charge in [-0.2, -0.15) is 0 Å². The number of ether oxygens (including phenoxy) is 7. The molecular weight excluding hydrogens is 551 g/mol. The topological polar surface area (TPSA) is 102 Å². The SMILES string of the molecule is COC(COc1cc2c(cc1Cl)C(c1ccccc1C(=O)O)c1cc(Cl)c(OCC(OC)OC)cc1O2)OC. The third-order valence-corrected chi connectivity index (χ3v) is 6.86. The fourth-order valence-corrected chi connectivity index (χ4v) is 4.75. The number of rotatable bonds is 12. The zero-order valence-electron chi connectivity index (χ0n) is 21.7. The molecule has 0 bridgehead atoms. The summed E-state index contributed by atoms with van der Waals surface area (Å²) in [5, 5.41) is 10.6. The summed E-state index contributed by atoms with van der Waals surface area (Å²) in [6, 6.07) is 13.5. The van der Waals surface area contributed by atoms with Crippen molar-refractivity contribution in [1.29, 1.82) is 0 Å². The maximum absolute atomic E-state index is 12.2. The summed E-state index contributed by atoms with van der Waals surface area (Å²) in [6.07, 6.45) is -1.20. The van der Waals surface area contributed by atoms with Crippen LogP contribution < -0.4 is 14.2 Å². The van der Waals surface area contributed by atoms with Gasteiger partial charge in [-0.3, -0.25) is 0 Å². The van der Waals surface area contributed by atoms with Gasteiger partial charge in [0.25, 0.3) is 0 Å². The van der Waals surface area contributed by atoms with Crippen LogP contribution in [0.4, 0.5) is 0 Å². The average molecular weight is 579 g/mol. The molecule has 0 radical (unpaired) electrons. The van der Waals surface area contributed by atoms with Crippen LogP contribution in [0.5, 0.6) is 23.0 Å². The van der Waals surface area contributed by atoms with Gasteiger partial charge in [0.2, 0.25) is 0 Å². The second-order valence-electron chi connectivity index (χ2n) is 8.49. The highest BCUT2D eigenvalue weighted by Gasteiger charge is 2.34. The van der Waals surface area contributed by atoms with Gasteiger partial charge >= 0.3 is 5.97 Å². The molecule has 0 atom stereocenters. The lowest BCUT2D eigenvalue weighted by atomic mass is 9.80. The van der Waals surface area contributed by atoms with Gasteiger partial charge in [0, 0.05) is 57.6 Å². The van der Waals surface area contributed by atoms with Crippen molar-refractivity contribution < 1.29 is 43.1 Å². The smallest absolute Gasteiger partial charge is 0.335 e. The van der Waals surface area contributed by atoms with Gasteiger partial charge in [-0.15, -0.1) is 0 Å². The number of carboxylic acids is 1. The Balaban J connectivity index is 1.82. The minimum absolute atomic E-state index is 0.0845. The molecule has 0 spiro atoms. The molecule has 4 rings (SSSR count). The average Bonchev–Trinajstić information content (AvgIpc) is 2.93. The number of carboxylic acid groups (broad SMARTS) is 1. The van der Waals surface area contributed by atoms with E-state index in [4.69, 9.17) is 56.4 Å². The lowest BCUT2D eigenvalue weighted by Crippen LogP contribution is -2.22. The highest BCUT2D eigenvalue weighted by atomic mass is 35.5. The Labute approximate surface area is 236 Å². The number of aromatic carboxylic acids is 1. The second-order valence-corrected chi connectivity index (χ2v) is 9.31. The Morgan fingerprint density at radius 3 is 1.69 bits per heavy atom. The number of benzene rings is 3. The molecule has 0 amide bonds. The van der Waals surface area contributed by atoms with E-state index in [1.165, 1.54) is 28.4 Å². The molecule has 0 saturated carbocycles. The van der Waals surface area contributed by atoms with Gasteiger partial charge in [0.1, 0.15) is 36.2 Å². The van der Waals surface area contributed by atoms with E-state index in [0.717, 1.165) is 0 Å². The number of hydrogen-bond acceptors (Lipinski definition) is 8. The first-order valence-electron chi connectivity index (χ1n) is 11.8. The van der Waals surface area contributed by atoms with E-state index < -0.39 is 24.5 Å². The predicted octanol–water partition coefficient (Wildman–Crippen LogP) is 5.97. The normalized spacial score (nSPS) is 12.7. The molecule has 9 nitrogen and oxygen atoms in total. The van der Waals surface area contributed by atoms with Gasteiger partial charge in [-0.05, 0) is 23.8 Å². The molecule has 0 fully saturated rings. The molecule has 1 aliphatic rings. The molecule has 11 heteroatoms. The third kappa shape index (κ3) is 6.24. The van der Waals surface area contributed by atoms with Crippen LogP contribution in [-0.2, 0) is 18.9 Å². The van der Waals surface area contributed by atoms with Gasteiger partial charge < -0.3 is 38.3 Å². The molecule has 1 N–H and O–H groups in total. The number of carbonyl (C=O) groups is 1. The van der Waals surface area contributed by atoms with Gasteiger partial charge in [0.15, 0.2) is 12.6 Å². The minimum atomic E-state index is -1.06. The summed E-state index contributed by atoms with van der Waals surface area (Å²) in [5.41, 5.74) is 1.97. The highest BCUT2D eigenvalue weighted by Crippen LogP contribution is 2.52. The van der Waals surface area contributed by atoms with Crippen LogP contribution in [0.2, 0.25) is 10.0 Å². The minimum Gasteiger partial charge on any atom is -0.487 e. The monoisotopic (exact) mass is 578 g/mol. The van der Waals surface area contributed by atoms with Crippen molar-refractivity contribution in [3.8, 4) is 23.0 Å². The Morgan fingerprint density at radius 2 is 1.26 bits per heavy atom.